The first kappa shape index (κ1) is 11.1. The summed E-state index contributed by atoms with van der Waals surface area (Å²) in [6.07, 6.45) is 0. The van der Waals surface area contributed by atoms with Gasteiger partial charge in [0, 0.05) is 5.39 Å². The van der Waals surface area contributed by atoms with Crippen molar-refractivity contribution in [1.29, 1.82) is 0 Å². The van der Waals surface area contributed by atoms with Crippen LogP contribution in [0.4, 0.5) is 5.69 Å². The van der Waals surface area contributed by atoms with Crippen LogP contribution in [-0.2, 0) is 5.41 Å². The van der Waals surface area contributed by atoms with E-state index < -0.39 is 0 Å². The molecule has 3 nitrogen and oxygen atoms in total. The maximum Gasteiger partial charge on any atom is 0.270 e. The van der Waals surface area contributed by atoms with Crippen LogP contribution in [0.2, 0.25) is 0 Å². The Balaban J connectivity index is 2.44. The Labute approximate surface area is 106 Å². The van der Waals surface area contributed by atoms with Crippen LogP contribution < -0.4 is 10.9 Å². The lowest BCUT2D eigenvalue weighted by atomic mass is 9.82. The molecule has 0 spiro atoms. The van der Waals surface area contributed by atoms with E-state index in [0.29, 0.717) is 0 Å². The van der Waals surface area contributed by atoms with Crippen LogP contribution in [0.25, 0.3) is 10.8 Å². The van der Waals surface area contributed by atoms with E-state index >= 15 is 0 Å². The molecule has 3 rings (SSSR count). The molecule has 2 aromatic rings. The highest BCUT2D eigenvalue weighted by Gasteiger charge is 2.23. The molecule has 1 aliphatic rings. The zero-order chi connectivity index (χ0) is 12.9. The van der Waals surface area contributed by atoms with Crippen LogP contribution in [0.3, 0.4) is 0 Å². The molecule has 92 valence electrons. The second kappa shape index (κ2) is 3.48. The number of hydrazine groups is 1. The SMILES string of the molecule is CC(C)(C)c1ccc2c3c(cccc13)C(=O)NN2. The molecule has 0 fully saturated rings. The van der Waals surface area contributed by atoms with E-state index in [0.717, 1.165) is 22.0 Å². The van der Waals surface area contributed by atoms with Gasteiger partial charge < -0.3 is 0 Å². The van der Waals surface area contributed by atoms with Crippen LogP contribution in [0, 0.1) is 0 Å². The van der Waals surface area contributed by atoms with Crippen molar-refractivity contribution in [2.24, 2.45) is 0 Å². The van der Waals surface area contributed by atoms with Crippen molar-refractivity contribution in [3.8, 4) is 0 Å². The van der Waals surface area contributed by atoms with Crippen molar-refractivity contribution >= 4 is 22.4 Å². The number of benzene rings is 2. The third-order valence-corrected chi connectivity index (χ3v) is 3.40. The fourth-order valence-corrected chi connectivity index (χ4v) is 2.55. The summed E-state index contributed by atoms with van der Waals surface area (Å²) in [6, 6.07) is 10.1. The van der Waals surface area contributed by atoms with Gasteiger partial charge in [-0.1, -0.05) is 39.0 Å². The van der Waals surface area contributed by atoms with Crippen LogP contribution in [0.15, 0.2) is 30.3 Å². The summed E-state index contributed by atoms with van der Waals surface area (Å²) >= 11 is 0. The molecule has 0 saturated heterocycles. The van der Waals surface area contributed by atoms with Gasteiger partial charge in [-0.05, 0) is 28.5 Å². The molecule has 0 saturated carbocycles. The van der Waals surface area contributed by atoms with Crippen LogP contribution >= 0.6 is 0 Å². The monoisotopic (exact) mass is 240 g/mol. The quantitative estimate of drug-likeness (QED) is 0.742. The Morgan fingerprint density at radius 2 is 1.78 bits per heavy atom. The van der Waals surface area contributed by atoms with Gasteiger partial charge >= 0.3 is 0 Å². The summed E-state index contributed by atoms with van der Waals surface area (Å²) < 4.78 is 0. The smallest absolute Gasteiger partial charge is 0.270 e. The average Bonchev–Trinajstić information content (AvgIpc) is 2.32. The number of hydrogen-bond acceptors (Lipinski definition) is 2. The Morgan fingerprint density at radius 3 is 2.50 bits per heavy atom. The van der Waals surface area contributed by atoms with E-state index in [1.54, 1.807) is 0 Å². The van der Waals surface area contributed by atoms with Crippen molar-refractivity contribution in [2.75, 3.05) is 5.43 Å². The van der Waals surface area contributed by atoms with Gasteiger partial charge in [-0.2, -0.15) is 0 Å². The van der Waals surface area contributed by atoms with E-state index in [9.17, 15) is 4.79 Å². The zero-order valence-electron chi connectivity index (χ0n) is 10.8. The number of carbonyl (C=O) groups is 1. The molecule has 2 N–H and O–H groups in total. The predicted molar refractivity (Wildman–Crippen MR) is 73.7 cm³/mol. The van der Waals surface area contributed by atoms with Crippen molar-refractivity contribution < 1.29 is 4.79 Å². The van der Waals surface area contributed by atoms with E-state index in [1.807, 2.05) is 18.2 Å². The van der Waals surface area contributed by atoms with Crippen molar-refractivity contribution in [2.45, 2.75) is 26.2 Å². The van der Waals surface area contributed by atoms with Gasteiger partial charge in [0.05, 0.1) is 11.3 Å². The summed E-state index contributed by atoms with van der Waals surface area (Å²) in [5.41, 5.74) is 8.66. The summed E-state index contributed by atoms with van der Waals surface area (Å²) in [7, 11) is 0. The van der Waals surface area contributed by atoms with Crippen LogP contribution in [0.1, 0.15) is 36.7 Å². The summed E-state index contributed by atoms with van der Waals surface area (Å²) in [5.74, 6) is -0.0702. The Kier molecular flexibility index (Phi) is 2.14. The van der Waals surface area contributed by atoms with Crippen molar-refractivity contribution in [3.63, 3.8) is 0 Å². The minimum Gasteiger partial charge on any atom is -0.298 e. The Morgan fingerprint density at radius 1 is 1.00 bits per heavy atom. The van der Waals surface area contributed by atoms with Gasteiger partial charge in [0.1, 0.15) is 0 Å². The lowest BCUT2D eigenvalue weighted by Crippen LogP contribution is -2.33. The lowest BCUT2D eigenvalue weighted by Gasteiger charge is -2.26. The highest BCUT2D eigenvalue weighted by Crippen LogP contribution is 2.36. The van der Waals surface area contributed by atoms with Crippen LogP contribution in [-0.4, -0.2) is 5.91 Å². The molecule has 0 bridgehead atoms. The first-order chi connectivity index (χ1) is 8.48. The van der Waals surface area contributed by atoms with Crippen molar-refractivity contribution in [1.82, 2.24) is 5.43 Å². The summed E-state index contributed by atoms with van der Waals surface area (Å²) in [4.78, 5) is 11.9. The molecule has 1 aliphatic heterocycles. The molecular weight excluding hydrogens is 224 g/mol. The highest BCUT2D eigenvalue weighted by molar-refractivity contribution is 6.15. The number of amides is 1. The molecule has 1 amide bonds. The first-order valence-electron chi connectivity index (χ1n) is 6.11. The molecule has 2 aromatic carbocycles. The Bertz CT molecular complexity index is 653. The van der Waals surface area contributed by atoms with Gasteiger partial charge in [-0.3, -0.25) is 15.6 Å². The summed E-state index contributed by atoms with van der Waals surface area (Å²) in [5, 5.41) is 2.17. The van der Waals surface area contributed by atoms with Crippen molar-refractivity contribution in [3.05, 3.63) is 41.5 Å². The standard InChI is InChI=1S/C15H16N2O/c1-15(2,3)11-7-8-12-13-9(11)5-4-6-10(13)14(18)17-16-12/h4-8,16H,1-3H3,(H,17,18). The first-order valence-corrected chi connectivity index (χ1v) is 6.11. The summed E-state index contributed by atoms with van der Waals surface area (Å²) in [6.45, 7) is 6.56. The molecule has 3 heteroatoms. The largest absolute Gasteiger partial charge is 0.298 e. The van der Waals surface area contributed by atoms with E-state index in [2.05, 4.69) is 43.8 Å². The maximum atomic E-state index is 11.9. The predicted octanol–water partition coefficient (Wildman–Crippen LogP) is 3.21. The van der Waals surface area contributed by atoms with Gasteiger partial charge in [0.2, 0.25) is 0 Å². The van der Waals surface area contributed by atoms with Gasteiger partial charge in [0.15, 0.2) is 0 Å². The minimum absolute atomic E-state index is 0.0606. The second-order valence-electron chi connectivity index (χ2n) is 5.72. The molecule has 0 aromatic heterocycles. The zero-order valence-corrected chi connectivity index (χ0v) is 10.8. The van der Waals surface area contributed by atoms with Gasteiger partial charge in [-0.15, -0.1) is 0 Å². The average molecular weight is 240 g/mol. The van der Waals surface area contributed by atoms with Gasteiger partial charge in [-0.25, -0.2) is 0 Å². The maximum absolute atomic E-state index is 11.9. The second-order valence-corrected chi connectivity index (χ2v) is 5.72. The Hall–Kier alpha value is -2.03. The molecule has 0 radical (unpaired) electrons. The number of hydrogen-bond donors (Lipinski definition) is 2. The van der Waals surface area contributed by atoms with E-state index in [1.165, 1.54) is 5.56 Å². The third kappa shape index (κ3) is 1.47. The lowest BCUT2D eigenvalue weighted by molar-refractivity contribution is 0.0962. The third-order valence-electron chi connectivity index (χ3n) is 3.40. The van der Waals surface area contributed by atoms with Gasteiger partial charge in [0.25, 0.3) is 5.91 Å². The molecule has 0 unspecified atom stereocenters. The fourth-order valence-electron chi connectivity index (χ4n) is 2.55. The number of rotatable bonds is 0. The molecule has 0 aliphatic carbocycles. The van der Waals surface area contributed by atoms with E-state index in [4.69, 9.17) is 0 Å². The number of anilines is 1. The molecule has 18 heavy (non-hydrogen) atoms. The molecule has 0 atom stereocenters. The fraction of sp³-hybridized carbons (Fsp3) is 0.267. The number of carbonyl (C=O) groups excluding carboxylic acids is 1. The molecular formula is C15H16N2O. The molecule has 1 heterocycles. The minimum atomic E-state index is -0.0702. The number of nitrogens with one attached hydrogen (secondary N) is 2. The van der Waals surface area contributed by atoms with E-state index in [-0.39, 0.29) is 11.3 Å². The topological polar surface area (TPSA) is 41.1 Å². The van der Waals surface area contributed by atoms with Crippen LogP contribution in [0.5, 0.6) is 0 Å². The highest BCUT2D eigenvalue weighted by atomic mass is 16.2. The normalized spacial score (nSPS) is 14.3.